The van der Waals surface area contributed by atoms with Crippen molar-refractivity contribution in [2.24, 2.45) is 14.9 Å². The fourth-order valence-electron chi connectivity index (χ4n) is 0. The monoisotopic (exact) mass is 288 g/mol. The van der Waals surface area contributed by atoms with E-state index in [9.17, 15) is 0 Å². The van der Waals surface area contributed by atoms with Crippen molar-refractivity contribution in [3.63, 3.8) is 0 Å². The van der Waals surface area contributed by atoms with E-state index < -0.39 is 18.2 Å². The minimum atomic E-state index is -4.47. The molecule has 0 aromatic heterocycles. The second-order valence-electron chi connectivity index (χ2n) is 3.68. The Hall–Kier alpha value is 0.710. The van der Waals surface area contributed by atoms with Crippen LogP contribution in [0.5, 0.6) is 0 Å². The number of hydrogen-bond acceptors (Lipinski definition) is 4. The first-order valence-electron chi connectivity index (χ1n) is 2.72. The van der Waals surface area contributed by atoms with E-state index in [4.69, 9.17) is 14.9 Å². The Balaban J connectivity index is 4.50. The van der Waals surface area contributed by atoms with Crippen LogP contribution in [0.1, 0.15) is 6.92 Å². The summed E-state index contributed by atoms with van der Waals surface area (Å²) in [6.07, 6.45) is 0. The third kappa shape index (κ3) is 6.71. The summed E-state index contributed by atoms with van der Waals surface area (Å²) in [7, 11) is 0. The van der Waals surface area contributed by atoms with E-state index in [0.717, 1.165) is 0 Å². The molecule has 0 unspecified atom stereocenters. The van der Waals surface area contributed by atoms with E-state index in [-0.39, 0.29) is 0 Å². The van der Waals surface area contributed by atoms with E-state index in [1.807, 2.05) is 6.92 Å². The summed E-state index contributed by atoms with van der Waals surface area (Å²) in [5, 5.41) is 0. The molecule has 4 nitrogen and oxygen atoms in total. The van der Waals surface area contributed by atoms with Gasteiger partial charge >= 0.3 is 48.8 Å². The van der Waals surface area contributed by atoms with Gasteiger partial charge in [0, 0.05) is 0 Å². The van der Waals surface area contributed by atoms with Crippen LogP contribution in [0.4, 0.5) is 0 Å². The van der Waals surface area contributed by atoms with Crippen LogP contribution in [0.3, 0.4) is 0 Å². The summed E-state index contributed by atoms with van der Waals surface area (Å²) >= 11 is -4.47. The van der Waals surface area contributed by atoms with Crippen LogP contribution >= 0.6 is 0 Å². The van der Waals surface area contributed by atoms with Crippen molar-refractivity contribution in [3.8, 4) is 0 Å². The molecule has 0 spiro atoms. The van der Waals surface area contributed by atoms with Gasteiger partial charge in [-0.2, -0.15) is 0 Å². The van der Waals surface area contributed by atoms with Gasteiger partial charge in [-0.1, -0.05) is 0 Å². The average Bonchev–Trinajstić information content (AvgIpc) is 1.30. The standard InChI is InChI=1S/C2H5.CH3.Hf.4H2N/c1-2;;;;;;/h1H2,2H3;1H3;;4*1H2/q;;+4;4*-1. The summed E-state index contributed by atoms with van der Waals surface area (Å²) < 4.78 is 24.4. The average molecular weight is 287 g/mol. The zero-order valence-electron chi connectivity index (χ0n) is 5.52. The van der Waals surface area contributed by atoms with Crippen LogP contribution in [0, 0.1) is 0 Å². The molecule has 0 heterocycles. The summed E-state index contributed by atoms with van der Waals surface area (Å²) in [5.41, 5.74) is 0. The summed E-state index contributed by atoms with van der Waals surface area (Å²) in [5.74, 6) is 0. The number of nitrogens with two attached hydrogens (primary N) is 4. The van der Waals surface area contributed by atoms with Crippen LogP contribution in [-0.2, 0) is 18.2 Å². The predicted molar refractivity (Wildman–Crippen MR) is 33.1 cm³/mol. The van der Waals surface area contributed by atoms with Crippen LogP contribution in [0.15, 0.2) is 0 Å². The molecule has 0 aliphatic carbocycles. The molecule has 0 amide bonds. The molecule has 52 valence electrons. The first kappa shape index (κ1) is 8.71. The third-order valence-electron chi connectivity index (χ3n) is 1.17. The molecule has 0 saturated heterocycles. The summed E-state index contributed by atoms with van der Waals surface area (Å²) in [4.78, 5) is 0. The first-order valence-corrected chi connectivity index (χ1v) is 17.1. The summed E-state index contributed by atoms with van der Waals surface area (Å²) in [6.45, 7) is 1.82. The van der Waals surface area contributed by atoms with Gasteiger partial charge in [0.05, 0.1) is 0 Å². The molecule has 0 atom stereocenters. The van der Waals surface area contributed by atoms with Gasteiger partial charge in [-0.25, -0.2) is 0 Å². The van der Waals surface area contributed by atoms with Gasteiger partial charge < -0.3 is 0 Å². The van der Waals surface area contributed by atoms with Gasteiger partial charge in [-0.3, -0.25) is 0 Å². The molecule has 0 saturated carbocycles. The van der Waals surface area contributed by atoms with Gasteiger partial charge in [-0.05, 0) is 0 Å². The van der Waals surface area contributed by atoms with Crippen molar-refractivity contribution < 1.29 is 18.2 Å². The van der Waals surface area contributed by atoms with Gasteiger partial charge in [0.2, 0.25) is 0 Å². The van der Waals surface area contributed by atoms with Gasteiger partial charge in [0.25, 0.3) is 0 Å². The maximum absolute atomic E-state index is 5.56. The zero-order valence-corrected chi connectivity index (χ0v) is 9.11. The zero-order chi connectivity index (χ0) is 7.12. The molecule has 8 heavy (non-hydrogen) atoms. The fraction of sp³-hybridized carbons (Fsp3) is 1.00. The van der Waals surface area contributed by atoms with Crippen LogP contribution in [0.2, 0.25) is 8.86 Å². The van der Waals surface area contributed by atoms with Crippen LogP contribution < -0.4 is 14.9 Å². The van der Waals surface area contributed by atoms with Gasteiger partial charge in [0.15, 0.2) is 0 Å². The molecule has 5 heteroatoms. The van der Waals surface area contributed by atoms with E-state index in [1.54, 1.807) is 4.68 Å². The van der Waals surface area contributed by atoms with E-state index in [2.05, 4.69) is 0 Å². The Labute approximate surface area is 49.1 Å². The Morgan fingerprint density at radius 1 is 1.12 bits per heavy atom. The second-order valence-corrected chi connectivity index (χ2v) is 30.1. The van der Waals surface area contributed by atoms with E-state index in [0.29, 0.717) is 4.18 Å². The Morgan fingerprint density at radius 2 is 1.25 bits per heavy atom. The van der Waals surface area contributed by atoms with Crippen LogP contribution in [-0.4, -0.2) is 0 Å². The summed E-state index contributed by atoms with van der Waals surface area (Å²) in [6, 6.07) is 0. The Bertz CT molecular complexity index is 94.4. The fourth-order valence-corrected chi connectivity index (χ4v) is 0. The molecular formula is C3H16HfN4. The predicted octanol–water partition coefficient (Wildman–Crippen LogP) is -0.807. The quantitative estimate of drug-likeness (QED) is 0.473. The Morgan fingerprint density at radius 3 is 1.25 bits per heavy atom. The maximum atomic E-state index is 5.56. The number of rotatable bonds is 1. The van der Waals surface area contributed by atoms with Gasteiger partial charge in [0.1, 0.15) is 0 Å². The molecule has 8 N–H and O–H groups in total. The third-order valence-corrected chi connectivity index (χ3v) is 9.58. The van der Waals surface area contributed by atoms with Crippen molar-refractivity contribution >= 4 is 0 Å². The van der Waals surface area contributed by atoms with Crippen LogP contribution in [0.25, 0.3) is 0 Å². The van der Waals surface area contributed by atoms with Crippen molar-refractivity contribution in [1.29, 1.82) is 0 Å². The Kier molecular flexibility index (Phi) is 1.35. The SMILES string of the molecule is C[CH2][Hf]([CH3])([NH2])([NH2])([NH2])[NH2]. The van der Waals surface area contributed by atoms with E-state index >= 15 is 0 Å². The van der Waals surface area contributed by atoms with Gasteiger partial charge in [-0.15, -0.1) is 0 Å². The molecule has 0 bridgehead atoms. The minimum absolute atomic E-state index is 0.523. The molecule has 0 rings (SSSR count). The van der Waals surface area contributed by atoms with Crippen molar-refractivity contribution in [1.82, 2.24) is 0 Å². The van der Waals surface area contributed by atoms with Crippen molar-refractivity contribution in [3.05, 3.63) is 0 Å². The topological polar surface area (TPSA) is 104 Å². The van der Waals surface area contributed by atoms with E-state index in [1.165, 1.54) is 0 Å². The molecule has 0 aromatic carbocycles. The number of hydrogen-bond donors (Lipinski definition) is 4. The normalized spacial score (nSPS) is 21.8. The molecule has 0 fully saturated rings. The molecule has 0 radical (unpaired) electrons. The molecular weight excluding hydrogens is 271 g/mol. The van der Waals surface area contributed by atoms with Crippen molar-refractivity contribution in [2.75, 3.05) is 0 Å². The molecule has 0 aliphatic rings. The molecule has 0 aromatic rings. The first-order chi connectivity index (χ1) is 3.04. The second kappa shape index (κ2) is 1.24. The molecule has 0 aliphatic heterocycles. The van der Waals surface area contributed by atoms with Crippen molar-refractivity contribution in [2.45, 2.75) is 15.8 Å².